The van der Waals surface area contributed by atoms with Crippen molar-refractivity contribution < 1.29 is 4.39 Å². The first-order valence-corrected chi connectivity index (χ1v) is 6.01. The van der Waals surface area contributed by atoms with Gasteiger partial charge in [-0.05, 0) is 36.2 Å². The molecule has 5 heteroatoms. The number of nitrogen functional groups attached to an aromatic ring is 1. The van der Waals surface area contributed by atoms with Crippen LogP contribution < -0.4 is 10.6 Å². The molecular formula is C14H13FN4. The molecule has 1 aliphatic rings. The first-order valence-electron chi connectivity index (χ1n) is 6.01. The normalized spacial score (nSPS) is 13.4. The van der Waals surface area contributed by atoms with Crippen molar-refractivity contribution in [3.05, 3.63) is 53.5 Å². The van der Waals surface area contributed by atoms with Crippen molar-refractivity contribution >= 4 is 17.3 Å². The molecule has 0 radical (unpaired) electrons. The largest absolute Gasteiger partial charge is 0.384 e. The van der Waals surface area contributed by atoms with Crippen molar-refractivity contribution in [3.8, 4) is 0 Å². The molecule has 0 aliphatic carbocycles. The SMILES string of the molecule is N=C(N)c1ccnc(N2CCc3ccc(F)cc32)c1. The Bertz CT molecular complexity index is 654. The van der Waals surface area contributed by atoms with Gasteiger partial charge < -0.3 is 10.6 Å². The van der Waals surface area contributed by atoms with Crippen LogP contribution in [0.25, 0.3) is 0 Å². The maximum Gasteiger partial charge on any atom is 0.133 e. The molecule has 2 aromatic rings. The third-order valence-corrected chi connectivity index (χ3v) is 3.28. The molecule has 96 valence electrons. The number of anilines is 2. The highest BCUT2D eigenvalue weighted by Crippen LogP contribution is 2.34. The molecule has 0 atom stereocenters. The van der Waals surface area contributed by atoms with E-state index in [-0.39, 0.29) is 11.7 Å². The molecule has 1 aromatic heterocycles. The number of fused-ring (bicyclic) bond motifs is 1. The van der Waals surface area contributed by atoms with Gasteiger partial charge in [-0.2, -0.15) is 0 Å². The zero-order chi connectivity index (χ0) is 13.4. The molecule has 19 heavy (non-hydrogen) atoms. The molecule has 0 spiro atoms. The van der Waals surface area contributed by atoms with Crippen molar-refractivity contribution in [2.45, 2.75) is 6.42 Å². The van der Waals surface area contributed by atoms with Gasteiger partial charge in [0.1, 0.15) is 17.5 Å². The van der Waals surface area contributed by atoms with E-state index >= 15 is 0 Å². The van der Waals surface area contributed by atoms with Gasteiger partial charge in [0, 0.05) is 24.0 Å². The van der Waals surface area contributed by atoms with Crippen LogP contribution in [-0.2, 0) is 6.42 Å². The number of hydrogen-bond donors (Lipinski definition) is 2. The Balaban J connectivity index is 2.04. The van der Waals surface area contributed by atoms with Crippen molar-refractivity contribution in [1.29, 1.82) is 5.41 Å². The molecular weight excluding hydrogens is 243 g/mol. The minimum absolute atomic E-state index is 0.00214. The highest BCUT2D eigenvalue weighted by Gasteiger charge is 2.22. The maximum atomic E-state index is 13.4. The van der Waals surface area contributed by atoms with Crippen LogP contribution >= 0.6 is 0 Å². The van der Waals surface area contributed by atoms with E-state index in [9.17, 15) is 4.39 Å². The van der Waals surface area contributed by atoms with Gasteiger partial charge in [0.15, 0.2) is 0 Å². The fraction of sp³-hybridized carbons (Fsp3) is 0.143. The second-order valence-electron chi connectivity index (χ2n) is 4.49. The Morgan fingerprint density at radius 3 is 2.95 bits per heavy atom. The minimum Gasteiger partial charge on any atom is -0.384 e. The quantitative estimate of drug-likeness (QED) is 0.639. The summed E-state index contributed by atoms with van der Waals surface area (Å²) in [7, 11) is 0. The van der Waals surface area contributed by atoms with Crippen LogP contribution in [-0.4, -0.2) is 17.4 Å². The number of rotatable bonds is 2. The molecule has 0 saturated carbocycles. The molecule has 0 saturated heterocycles. The Hall–Kier alpha value is -2.43. The molecule has 4 nitrogen and oxygen atoms in total. The van der Waals surface area contributed by atoms with Gasteiger partial charge in [-0.25, -0.2) is 9.37 Å². The lowest BCUT2D eigenvalue weighted by Crippen LogP contribution is -2.17. The Kier molecular flexibility index (Phi) is 2.67. The lowest BCUT2D eigenvalue weighted by Gasteiger charge is -2.18. The molecule has 0 amide bonds. The van der Waals surface area contributed by atoms with Crippen LogP contribution in [0.5, 0.6) is 0 Å². The van der Waals surface area contributed by atoms with Crippen LogP contribution in [0.2, 0.25) is 0 Å². The predicted octanol–water partition coefficient (Wildman–Crippen LogP) is 2.20. The highest BCUT2D eigenvalue weighted by atomic mass is 19.1. The lowest BCUT2D eigenvalue weighted by atomic mass is 10.1. The maximum absolute atomic E-state index is 13.4. The third-order valence-electron chi connectivity index (χ3n) is 3.28. The van der Waals surface area contributed by atoms with Crippen LogP contribution in [0.4, 0.5) is 15.9 Å². The summed E-state index contributed by atoms with van der Waals surface area (Å²) in [5, 5.41) is 7.45. The summed E-state index contributed by atoms with van der Waals surface area (Å²) in [6.45, 7) is 0.757. The fourth-order valence-electron chi connectivity index (χ4n) is 2.32. The van der Waals surface area contributed by atoms with Crippen molar-refractivity contribution in [2.75, 3.05) is 11.4 Å². The van der Waals surface area contributed by atoms with Gasteiger partial charge in [0.25, 0.3) is 0 Å². The van der Waals surface area contributed by atoms with E-state index in [0.29, 0.717) is 11.4 Å². The number of nitrogens with zero attached hydrogens (tertiary/aromatic N) is 2. The van der Waals surface area contributed by atoms with E-state index in [0.717, 1.165) is 24.2 Å². The summed E-state index contributed by atoms with van der Waals surface area (Å²) in [6, 6.07) is 8.24. The average molecular weight is 256 g/mol. The fourth-order valence-corrected chi connectivity index (χ4v) is 2.32. The molecule has 0 unspecified atom stereocenters. The number of aromatic nitrogens is 1. The summed E-state index contributed by atoms with van der Waals surface area (Å²) in [5.74, 6) is 0.438. The topological polar surface area (TPSA) is 66.0 Å². The Morgan fingerprint density at radius 2 is 2.16 bits per heavy atom. The third kappa shape index (κ3) is 2.03. The molecule has 1 aromatic carbocycles. The van der Waals surface area contributed by atoms with Gasteiger partial charge in [-0.3, -0.25) is 5.41 Å². The second-order valence-corrected chi connectivity index (χ2v) is 4.49. The zero-order valence-electron chi connectivity index (χ0n) is 10.2. The second kappa shape index (κ2) is 4.35. The number of hydrogen-bond acceptors (Lipinski definition) is 3. The lowest BCUT2D eigenvalue weighted by molar-refractivity contribution is 0.628. The summed E-state index contributed by atoms with van der Waals surface area (Å²) in [5.41, 5.74) is 8.05. The summed E-state index contributed by atoms with van der Waals surface area (Å²) < 4.78 is 13.4. The van der Waals surface area contributed by atoms with Gasteiger partial charge in [0.2, 0.25) is 0 Å². The first kappa shape index (κ1) is 11.6. The molecule has 0 bridgehead atoms. The highest BCUT2D eigenvalue weighted by molar-refractivity contribution is 5.95. The smallest absolute Gasteiger partial charge is 0.133 e. The first-order chi connectivity index (χ1) is 9.15. The minimum atomic E-state index is -0.256. The van der Waals surface area contributed by atoms with Gasteiger partial charge >= 0.3 is 0 Å². The number of nitrogens with two attached hydrogens (primary N) is 1. The summed E-state index contributed by atoms with van der Waals surface area (Å²) in [6.07, 6.45) is 2.48. The van der Waals surface area contributed by atoms with E-state index < -0.39 is 0 Å². The van der Waals surface area contributed by atoms with E-state index in [1.165, 1.54) is 12.1 Å². The van der Waals surface area contributed by atoms with E-state index in [2.05, 4.69) is 4.98 Å². The van der Waals surface area contributed by atoms with Gasteiger partial charge in [-0.1, -0.05) is 6.07 Å². The van der Waals surface area contributed by atoms with Crippen LogP contribution in [0.1, 0.15) is 11.1 Å². The predicted molar refractivity (Wildman–Crippen MR) is 72.4 cm³/mol. The number of pyridine rings is 1. The number of halogens is 1. The number of nitrogens with one attached hydrogen (secondary N) is 1. The summed E-state index contributed by atoms with van der Waals surface area (Å²) in [4.78, 5) is 6.23. The van der Waals surface area contributed by atoms with Crippen molar-refractivity contribution in [3.63, 3.8) is 0 Å². The Labute approximate surface area is 110 Å². The van der Waals surface area contributed by atoms with E-state index in [1.54, 1.807) is 24.4 Å². The Morgan fingerprint density at radius 1 is 1.32 bits per heavy atom. The van der Waals surface area contributed by atoms with Crippen LogP contribution in [0.3, 0.4) is 0 Å². The molecule has 1 aliphatic heterocycles. The van der Waals surface area contributed by atoms with Gasteiger partial charge in [-0.15, -0.1) is 0 Å². The molecule has 3 N–H and O–H groups in total. The number of benzene rings is 1. The monoisotopic (exact) mass is 256 g/mol. The molecule has 0 fully saturated rings. The van der Waals surface area contributed by atoms with E-state index in [1.807, 2.05) is 4.90 Å². The van der Waals surface area contributed by atoms with Crippen molar-refractivity contribution in [2.24, 2.45) is 5.73 Å². The molecule has 2 heterocycles. The van der Waals surface area contributed by atoms with Crippen LogP contribution in [0.15, 0.2) is 36.5 Å². The standard InChI is InChI=1S/C14H13FN4/c15-11-2-1-9-4-6-19(12(9)8-11)13-7-10(14(16)17)3-5-18-13/h1-3,5,7-8H,4,6H2,(H3,16,17). The molecule has 3 rings (SSSR count). The number of amidine groups is 1. The van der Waals surface area contributed by atoms with Crippen molar-refractivity contribution in [1.82, 2.24) is 4.98 Å². The van der Waals surface area contributed by atoms with Gasteiger partial charge in [0.05, 0.1) is 0 Å². The van der Waals surface area contributed by atoms with Crippen LogP contribution in [0, 0.1) is 11.2 Å². The average Bonchev–Trinajstić information content (AvgIpc) is 2.81. The van der Waals surface area contributed by atoms with E-state index in [4.69, 9.17) is 11.1 Å². The summed E-state index contributed by atoms with van der Waals surface area (Å²) >= 11 is 0. The zero-order valence-corrected chi connectivity index (χ0v) is 10.2.